The van der Waals surface area contributed by atoms with Crippen molar-refractivity contribution in [1.29, 1.82) is 0 Å². The van der Waals surface area contributed by atoms with E-state index in [0.29, 0.717) is 22.6 Å². The Hall–Kier alpha value is -3.28. The van der Waals surface area contributed by atoms with Gasteiger partial charge in [-0.1, -0.05) is 18.2 Å². The van der Waals surface area contributed by atoms with Gasteiger partial charge >= 0.3 is 5.97 Å². The summed E-state index contributed by atoms with van der Waals surface area (Å²) >= 11 is 0. The molecule has 6 heteroatoms. The highest BCUT2D eigenvalue weighted by Crippen LogP contribution is 2.29. The van der Waals surface area contributed by atoms with Crippen LogP contribution in [0.2, 0.25) is 0 Å². The van der Waals surface area contributed by atoms with Crippen LogP contribution in [0, 0.1) is 13.8 Å². The third-order valence-corrected chi connectivity index (χ3v) is 4.08. The molecule has 2 aromatic carbocycles. The molecule has 0 unspecified atom stereocenters. The number of aryl methyl sites for hydroxylation is 2. The molecular weight excluding hydrogens is 334 g/mol. The van der Waals surface area contributed by atoms with Gasteiger partial charge in [0.25, 0.3) is 5.91 Å². The summed E-state index contributed by atoms with van der Waals surface area (Å²) in [5.74, 6) is -0.350. The maximum atomic E-state index is 12.3. The number of nitrogens with one attached hydrogen (secondary N) is 1. The maximum absolute atomic E-state index is 12.3. The van der Waals surface area contributed by atoms with Gasteiger partial charge in [-0.2, -0.15) is 0 Å². The van der Waals surface area contributed by atoms with Crippen LogP contribution in [0.4, 0.5) is 5.69 Å². The lowest BCUT2D eigenvalue weighted by molar-refractivity contribution is -0.119. The average Bonchev–Trinajstić information content (AvgIpc) is 2.98. The van der Waals surface area contributed by atoms with Crippen LogP contribution < -0.4 is 10.1 Å². The van der Waals surface area contributed by atoms with Gasteiger partial charge in [0.05, 0.1) is 7.11 Å². The van der Waals surface area contributed by atoms with Gasteiger partial charge in [0.1, 0.15) is 11.3 Å². The second-order valence-corrected chi connectivity index (χ2v) is 5.86. The summed E-state index contributed by atoms with van der Waals surface area (Å²) in [6, 6.07) is 12.6. The molecule has 1 N–H and O–H groups in total. The second-order valence-electron chi connectivity index (χ2n) is 5.86. The van der Waals surface area contributed by atoms with Crippen molar-refractivity contribution in [1.82, 2.24) is 0 Å². The number of ether oxygens (including phenoxy) is 2. The number of esters is 1. The molecule has 1 aromatic heterocycles. The number of carbonyl (C=O) groups excluding carboxylic acids is 2. The Balaban J connectivity index is 1.68. The van der Waals surface area contributed by atoms with Crippen molar-refractivity contribution in [3.05, 3.63) is 59.4 Å². The molecule has 134 valence electrons. The van der Waals surface area contributed by atoms with E-state index in [2.05, 4.69) is 5.32 Å². The largest absolute Gasteiger partial charge is 0.497 e. The van der Waals surface area contributed by atoms with Crippen molar-refractivity contribution in [2.75, 3.05) is 19.0 Å². The number of fused-ring (bicyclic) bond motifs is 1. The van der Waals surface area contributed by atoms with Gasteiger partial charge in [-0.3, -0.25) is 4.79 Å². The Kier molecular flexibility index (Phi) is 4.93. The predicted molar refractivity (Wildman–Crippen MR) is 97.6 cm³/mol. The van der Waals surface area contributed by atoms with Crippen molar-refractivity contribution in [3.63, 3.8) is 0 Å². The summed E-state index contributed by atoms with van der Waals surface area (Å²) < 4.78 is 15.8. The van der Waals surface area contributed by atoms with Crippen LogP contribution in [-0.4, -0.2) is 25.6 Å². The minimum atomic E-state index is -0.683. The first-order valence-electron chi connectivity index (χ1n) is 8.09. The Labute approximate surface area is 150 Å². The SMILES string of the molecule is COc1ccc2oc(C(=O)OCC(=O)Nc3ccccc3C)c(C)c2c1. The molecule has 3 rings (SSSR count). The van der Waals surface area contributed by atoms with Crippen LogP contribution in [0.3, 0.4) is 0 Å². The molecule has 26 heavy (non-hydrogen) atoms. The summed E-state index contributed by atoms with van der Waals surface area (Å²) in [5.41, 5.74) is 2.80. The minimum Gasteiger partial charge on any atom is -0.497 e. The van der Waals surface area contributed by atoms with Gasteiger partial charge in [-0.05, 0) is 43.7 Å². The van der Waals surface area contributed by atoms with Gasteiger partial charge < -0.3 is 19.2 Å². The number of amides is 1. The minimum absolute atomic E-state index is 0.0805. The molecule has 0 aliphatic heterocycles. The quantitative estimate of drug-likeness (QED) is 0.705. The number of furan rings is 1. The zero-order valence-electron chi connectivity index (χ0n) is 14.8. The number of hydrogen-bond acceptors (Lipinski definition) is 5. The normalized spacial score (nSPS) is 10.6. The fourth-order valence-electron chi connectivity index (χ4n) is 2.62. The van der Waals surface area contributed by atoms with Crippen molar-refractivity contribution in [2.45, 2.75) is 13.8 Å². The van der Waals surface area contributed by atoms with Gasteiger partial charge in [0.15, 0.2) is 6.61 Å². The lowest BCUT2D eigenvalue weighted by atomic mass is 10.1. The summed E-state index contributed by atoms with van der Waals surface area (Å²) in [7, 11) is 1.57. The van der Waals surface area contributed by atoms with Crippen LogP contribution in [0.1, 0.15) is 21.7 Å². The highest BCUT2D eigenvalue weighted by Gasteiger charge is 2.20. The van der Waals surface area contributed by atoms with E-state index in [1.54, 1.807) is 38.3 Å². The van der Waals surface area contributed by atoms with Crippen LogP contribution in [-0.2, 0) is 9.53 Å². The fourth-order valence-corrected chi connectivity index (χ4v) is 2.62. The summed E-state index contributed by atoms with van der Waals surface area (Å²) in [6.07, 6.45) is 0. The van der Waals surface area contributed by atoms with E-state index in [9.17, 15) is 9.59 Å². The zero-order valence-corrected chi connectivity index (χ0v) is 14.8. The highest BCUT2D eigenvalue weighted by atomic mass is 16.5. The lowest BCUT2D eigenvalue weighted by Gasteiger charge is -2.08. The molecule has 1 amide bonds. The molecule has 0 aliphatic rings. The number of methoxy groups -OCH3 is 1. The molecule has 0 spiro atoms. The van der Waals surface area contributed by atoms with E-state index in [4.69, 9.17) is 13.9 Å². The van der Waals surface area contributed by atoms with Gasteiger partial charge in [0.2, 0.25) is 5.76 Å². The second kappa shape index (κ2) is 7.31. The van der Waals surface area contributed by atoms with Gasteiger partial charge in [0, 0.05) is 16.6 Å². The fraction of sp³-hybridized carbons (Fsp3) is 0.200. The first kappa shape index (κ1) is 17.5. The van der Waals surface area contributed by atoms with Crippen molar-refractivity contribution in [2.24, 2.45) is 0 Å². The van der Waals surface area contributed by atoms with Gasteiger partial charge in [-0.15, -0.1) is 0 Å². The Morgan fingerprint density at radius 3 is 2.62 bits per heavy atom. The number of carbonyl (C=O) groups is 2. The smallest absolute Gasteiger partial charge is 0.375 e. The van der Waals surface area contributed by atoms with E-state index in [1.807, 2.05) is 25.1 Å². The van der Waals surface area contributed by atoms with Crippen molar-refractivity contribution >= 4 is 28.5 Å². The summed E-state index contributed by atoms with van der Waals surface area (Å²) in [4.78, 5) is 24.3. The molecule has 6 nitrogen and oxygen atoms in total. The van der Waals surface area contributed by atoms with E-state index in [0.717, 1.165) is 10.9 Å². The summed E-state index contributed by atoms with van der Waals surface area (Å²) in [5, 5.41) is 3.47. The average molecular weight is 353 g/mol. The van der Waals surface area contributed by atoms with E-state index < -0.39 is 18.5 Å². The summed E-state index contributed by atoms with van der Waals surface area (Å²) in [6.45, 7) is 3.25. The number of hydrogen-bond donors (Lipinski definition) is 1. The molecule has 0 bridgehead atoms. The molecule has 1 heterocycles. The molecular formula is C20H19NO5. The molecule has 0 aliphatic carbocycles. The number of rotatable bonds is 5. The molecule has 0 radical (unpaired) electrons. The van der Waals surface area contributed by atoms with E-state index in [-0.39, 0.29) is 5.76 Å². The first-order valence-corrected chi connectivity index (χ1v) is 8.09. The first-order chi connectivity index (χ1) is 12.5. The Bertz CT molecular complexity index is 973. The maximum Gasteiger partial charge on any atom is 0.375 e. The number of benzene rings is 2. The zero-order chi connectivity index (χ0) is 18.7. The predicted octanol–water partition coefficient (Wildman–Crippen LogP) is 3.85. The van der Waals surface area contributed by atoms with Crippen LogP contribution >= 0.6 is 0 Å². The lowest BCUT2D eigenvalue weighted by Crippen LogP contribution is -2.21. The van der Waals surface area contributed by atoms with Crippen LogP contribution in [0.5, 0.6) is 5.75 Å². The monoisotopic (exact) mass is 353 g/mol. The standard InChI is InChI=1S/C20H19NO5/c1-12-6-4-5-7-16(12)21-18(22)11-25-20(23)19-13(2)15-10-14(24-3)8-9-17(15)26-19/h4-10H,11H2,1-3H3,(H,21,22). The van der Waals surface area contributed by atoms with Gasteiger partial charge in [-0.25, -0.2) is 4.79 Å². The Morgan fingerprint density at radius 1 is 1.12 bits per heavy atom. The molecule has 0 fully saturated rings. The molecule has 0 saturated heterocycles. The van der Waals surface area contributed by atoms with Crippen molar-refractivity contribution in [3.8, 4) is 5.75 Å². The molecule has 3 aromatic rings. The molecule has 0 saturated carbocycles. The van der Waals surface area contributed by atoms with E-state index >= 15 is 0 Å². The van der Waals surface area contributed by atoms with Crippen LogP contribution in [0.25, 0.3) is 11.0 Å². The van der Waals surface area contributed by atoms with E-state index in [1.165, 1.54) is 0 Å². The van der Waals surface area contributed by atoms with Crippen LogP contribution in [0.15, 0.2) is 46.9 Å². The highest BCUT2D eigenvalue weighted by molar-refractivity contribution is 5.98. The third kappa shape index (κ3) is 3.54. The Morgan fingerprint density at radius 2 is 1.88 bits per heavy atom. The topological polar surface area (TPSA) is 77.8 Å². The third-order valence-electron chi connectivity index (χ3n) is 4.08. The number of para-hydroxylation sites is 1. The van der Waals surface area contributed by atoms with Crippen molar-refractivity contribution < 1.29 is 23.5 Å². The molecule has 0 atom stereocenters. The number of anilines is 1.